The van der Waals surface area contributed by atoms with Gasteiger partial charge in [0.1, 0.15) is 0 Å². The van der Waals surface area contributed by atoms with E-state index in [0.29, 0.717) is 0 Å². The third-order valence-electron chi connectivity index (χ3n) is 0.189. The average molecular weight is 251 g/mol. The topological polar surface area (TPSA) is 0 Å². The maximum absolute atomic E-state index is 2.35. The van der Waals surface area contributed by atoms with E-state index in [4.69, 9.17) is 0 Å². The predicted octanol–water partition coefficient (Wildman–Crippen LogP) is 2.41. The monoisotopic (exact) mass is 250 g/mol. The van der Waals surface area contributed by atoms with Crippen LogP contribution in [0.3, 0.4) is 0 Å². The number of hydrogen-bond donors (Lipinski definition) is 0. The molecule has 0 atom stereocenters. The van der Waals surface area contributed by atoms with Crippen LogP contribution in [0.4, 0.5) is 0 Å². The highest BCUT2D eigenvalue weighted by atomic mass is 127. The van der Waals surface area contributed by atoms with Crippen LogP contribution in [0.5, 0.6) is 0 Å². The molecule has 0 rings (SSSR count). The lowest BCUT2D eigenvalue weighted by molar-refractivity contribution is 1.13. The van der Waals surface area contributed by atoms with Crippen LogP contribution >= 0.6 is 39.6 Å². The summed E-state index contributed by atoms with van der Waals surface area (Å²) in [6, 6.07) is 0. The third kappa shape index (κ3) is 11.0. The summed E-state index contributed by atoms with van der Waals surface area (Å²) in [5, 5.41) is 0. The van der Waals surface area contributed by atoms with E-state index in [1.807, 2.05) is 0 Å². The zero-order valence-corrected chi connectivity index (χ0v) is 7.07. The molecule has 0 spiro atoms. The number of rotatable bonds is 1. The van der Waals surface area contributed by atoms with Crippen molar-refractivity contribution in [3.8, 4) is 0 Å². The molecule has 0 aliphatic rings. The molecule has 0 N–H and O–H groups in total. The number of alkyl halides is 1. The van der Waals surface area contributed by atoms with Crippen molar-refractivity contribution in [3.63, 3.8) is 0 Å². The Balaban J connectivity index is 0. The minimum atomic E-state index is 0. The van der Waals surface area contributed by atoms with Crippen molar-refractivity contribution >= 4 is 39.6 Å². The van der Waals surface area contributed by atoms with Gasteiger partial charge in [-0.1, -0.05) is 29.5 Å². The van der Waals surface area contributed by atoms with Gasteiger partial charge in [-0.3, -0.25) is 0 Å². The third-order valence-corrected chi connectivity index (χ3v) is 1.27. The Morgan fingerprint density at radius 1 is 1.60 bits per heavy atom. The SMILES string of the molecule is Br.CCCI. The van der Waals surface area contributed by atoms with Crippen molar-refractivity contribution in [1.82, 2.24) is 0 Å². The van der Waals surface area contributed by atoms with Gasteiger partial charge >= 0.3 is 0 Å². The van der Waals surface area contributed by atoms with Crippen molar-refractivity contribution in [3.05, 3.63) is 0 Å². The van der Waals surface area contributed by atoms with Crippen molar-refractivity contribution in [2.75, 3.05) is 4.43 Å². The molecule has 34 valence electrons. The van der Waals surface area contributed by atoms with E-state index in [1.54, 1.807) is 0 Å². The molecule has 0 nitrogen and oxygen atoms in total. The second kappa shape index (κ2) is 8.96. The zero-order valence-electron chi connectivity index (χ0n) is 3.20. The van der Waals surface area contributed by atoms with Crippen molar-refractivity contribution in [2.45, 2.75) is 13.3 Å². The number of halogens is 2. The van der Waals surface area contributed by atoms with Gasteiger partial charge in [0.25, 0.3) is 0 Å². The lowest BCUT2D eigenvalue weighted by atomic mass is 10.6. The van der Waals surface area contributed by atoms with Gasteiger partial charge in [-0.15, -0.1) is 17.0 Å². The summed E-state index contributed by atoms with van der Waals surface area (Å²) < 4.78 is 1.29. The van der Waals surface area contributed by atoms with Gasteiger partial charge in [0.15, 0.2) is 0 Å². The molecule has 0 aromatic rings. The first-order valence-electron chi connectivity index (χ1n) is 1.47. The van der Waals surface area contributed by atoms with Crippen LogP contribution in [0, 0.1) is 0 Å². The summed E-state index contributed by atoms with van der Waals surface area (Å²) >= 11 is 2.35. The van der Waals surface area contributed by atoms with Crippen molar-refractivity contribution in [1.29, 1.82) is 0 Å². The number of hydrogen-bond acceptors (Lipinski definition) is 0. The Labute approximate surface area is 57.2 Å². The minimum Gasteiger partial charge on any atom is -0.114 e. The van der Waals surface area contributed by atoms with Gasteiger partial charge in [-0.25, -0.2) is 0 Å². The molecule has 0 amide bonds. The molecule has 2 heteroatoms. The van der Waals surface area contributed by atoms with Gasteiger partial charge in [0.2, 0.25) is 0 Å². The van der Waals surface area contributed by atoms with Crippen molar-refractivity contribution in [2.24, 2.45) is 0 Å². The largest absolute Gasteiger partial charge is 0.114 e. The zero-order chi connectivity index (χ0) is 3.41. The van der Waals surface area contributed by atoms with Gasteiger partial charge in [-0.2, -0.15) is 0 Å². The molecule has 0 saturated carbocycles. The van der Waals surface area contributed by atoms with E-state index >= 15 is 0 Å². The summed E-state index contributed by atoms with van der Waals surface area (Å²) in [7, 11) is 0. The summed E-state index contributed by atoms with van der Waals surface area (Å²) in [5.41, 5.74) is 0. The van der Waals surface area contributed by atoms with Gasteiger partial charge in [0.05, 0.1) is 0 Å². The first kappa shape index (κ1) is 9.51. The quantitative estimate of drug-likeness (QED) is 0.495. The molecule has 0 heterocycles. The molecule has 0 aliphatic heterocycles. The molecule has 0 aromatic heterocycles. The standard InChI is InChI=1S/C3H7I.BrH/c1-2-3-4;/h2-3H2,1H3;1H. The lowest BCUT2D eigenvalue weighted by Gasteiger charge is -1.66. The fourth-order valence-corrected chi connectivity index (χ4v) is 0. The Bertz CT molecular complexity index is 8.85. The van der Waals surface area contributed by atoms with Gasteiger partial charge in [-0.05, 0) is 10.8 Å². The van der Waals surface area contributed by atoms with Gasteiger partial charge < -0.3 is 0 Å². The summed E-state index contributed by atoms with van der Waals surface area (Å²) in [6.45, 7) is 2.17. The van der Waals surface area contributed by atoms with Crippen LogP contribution in [0.25, 0.3) is 0 Å². The fraction of sp³-hybridized carbons (Fsp3) is 1.00. The maximum Gasteiger partial charge on any atom is -0.000735 e. The highest BCUT2D eigenvalue weighted by molar-refractivity contribution is 14.1. The van der Waals surface area contributed by atoms with E-state index in [9.17, 15) is 0 Å². The van der Waals surface area contributed by atoms with Crippen LogP contribution in [0.15, 0.2) is 0 Å². The fourth-order valence-electron chi connectivity index (χ4n) is 0. The molecule has 0 radical (unpaired) electrons. The Morgan fingerprint density at radius 2 is 1.80 bits per heavy atom. The van der Waals surface area contributed by atoms with Crippen LogP contribution < -0.4 is 0 Å². The van der Waals surface area contributed by atoms with E-state index in [-0.39, 0.29) is 17.0 Å². The Hall–Kier alpha value is 1.21. The summed E-state index contributed by atoms with van der Waals surface area (Å²) in [5.74, 6) is 0. The van der Waals surface area contributed by atoms with Gasteiger partial charge in [0, 0.05) is 0 Å². The van der Waals surface area contributed by atoms with Crippen molar-refractivity contribution < 1.29 is 0 Å². The van der Waals surface area contributed by atoms with Crippen LogP contribution in [-0.2, 0) is 0 Å². The Morgan fingerprint density at radius 3 is 1.80 bits per heavy atom. The first-order chi connectivity index (χ1) is 1.91. The first-order valence-corrected chi connectivity index (χ1v) is 3.00. The van der Waals surface area contributed by atoms with E-state index < -0.39 is 0 Å². The van der Waals surface area contributed by atoms with E-state index in [1.165, 1.54) is 10.8 Å². The smallest absolute Gasteiger partial charge is 0.000735 e. The molecule has 0 saturated heterocycles. The molecule has 5 heavy (non-hydrogen) atoms. The molecule has 0 bridgehead atoms. The average Bonchev–Trinajstić information content (AvgIpc) is 1.37. The van der Waals surface area contributed by atoms with E-state index in [2.05, 4.69) is 29.5 Å². The highest BCUT2D eigenvalue weighted by Crippen LogP contribution is 1.81. The Kier molecular flexibility index (Phi) is 17.0. The molecule has 0 unspecified atom stereocenters. The lowest BCUT2D eigenvalue weighted by Crippen LogP contribution is -1.54. The van der Waals surface area contributed by atoms with Crippen LogP contribution in [-0.4, -0.2) is 4.43 Å². The summed E-state index contributed by atoms with van der Waals surface area (Å²) in [6.07, 6.45) is 1.31. The molecule has 0 aromatic carbocycles. The molecular formula is C3H8BrI. The molecule has 0 aliphatic carbocycles. The predicted molar refractivity (Wildman–Crippen MR) is 39.5 cm³/mol. The molecule has 0 fully saturated rings. The summed E-state index contributed by atoms with van der Waals surface area (Å²) in [4.78, 5) is 0. The minimum absolute atomic E-state index is 0. The van der Waals surface area contributed by atoms with E-state index in [0.717, 1.165) is 0 Å². The second-order valence-electron chi connectivity index (χ2n) is 0.689. The molecular weight excluding hydrogens is 243 g/mol. The van der Waals surface area contributed by atoms with Crippen LogP contribution in [0.1, 0.15) is 13.3 Å². The normalized spacial score (nSPS) is 6.00. The maximum atomic E-state index is 2.35. The highest BCUT2D eigenvalue weighted by Gasteiger charge is 1.58. The van der Waals surface area contributed by atoms with Crippen LogP contribution in [0.2, 0.25) is 0 Å². The second-order valence-corrected chi connectivity index (χ2v) is 1.77.